The minimum Gasteiger partial charge on any atom is -0.456 e. The van der Waals surface area contributed by atoms with Crippen LogP contribution in [-0.4, -0.2) is 29.3 Å². The molecule has 39 heavy (non-hydrogen) atoms. The molecule has 0 saturated carbocycles. The Morgan fingerprint density at radius 3 is 1.79 bits per heavy atom. The maximum Gasteiger partial charge on any atom is 0.235 e. The Morgan fingerprint density at radius 1 is 0.718 bits per heavy atom. The molecule has 4 aliphatic rings. The van der Waals surface area contributed by atoms with Crippen LogP contribution in [0.5, 0.6) is 0 Å². The molecule has 1 aromatic heterocycles. The van der Waals surface area contributed by atoms with E-state index in [1.807, 2.05) is 66.7 Å². The second-order valence-electron chi connectivity index (χ2n) is 10.7. The third kappa shape index (κ3) is 2.94. The molecule has 2 bridgehead atoms. The zero-order chi connectivity index (χ0) is 26.4. The highest BCUT2D eigenvalue weighted by molar-refractivity contribution is 6.09. The van der Waals surface area contributed by atoms with Crippen molar-refractivity contribution in [2.75, 3.05) is 11.6 Å². The number of imide groups is 1. The molecule has 3 amide bonds. The number of hydrogen-bond donors (Lipinski definition) is 0. The van der Waals surface area contributed by atoms with E-state index in [-0.39, 0.29) is 36.2 Å². The van der Waals surface area contributed by atoms with E-state index >= 15 is 0 Å². The summed E-state index contributed by atoms with van der Waals surface area (Å²) in [5, 5.41) is 1.95. The zero-order valence-electron chi connectivity index (χ0n) is 21.2. The van der Waals surface area contributed by atoms with Crippen molar-refractivity contribution in [3.63, 3.8) is 0 Å². The molecular formula is C33H24N2O4. The fourth-order valence-corrected chi connectivity index (χ4v) is 7.27. The fourth-order valence-electron chi connectivity index (χ4n) is 7.27. The van der Waals surface area contributed by atoms with Crippen molar-refractivity contribution in [1.29, 1.82) is 0 Å². The third-order valence-corrected chi connectivity index (χ3v) is 8.88. The van der Waals surface area contributed by atoms with E-state index in [9.17, 15) is 14.4 Å². The maximum absolute atomic E-state index is 14.0. The van der Waals surface area contributed by atoms with Crippen molar-refractivity contribution >= 4 is 45.3 Å². The molecule has 0 spiro atoms. The number of carbonyl (C=O) groups excluding carboxylic acids is 3. The predicted molar refractivity (Wildman–Crippen MR) is 147 cm³/mol. The number of amides is 3. The quantitative estimate of drug-likeness (QED) is 0.287. The topological polar surface area (TPSA) is 70.8 Å². The van der Waals surface area contributed by atoms with E-state index in [2.05, 4.69) is 24.3 Å². The van der Waals surface area contributed by atoms with Crippen molar-refractivity contribution in [2.45, 2.75) is 18.8 Å². The predicted octanol–water partition coefficient (Wildman–Crippen LogP) is 5.79. The van der Waals surface area contributed by atoms with Gasteiger partial charge in [-0.05, 0) is 40.5 Å². The van der Waals surface area contributed by atoms with E-state index in [0.29, 0.717) is 11.3 Å². The number of anilines is 1. The van der Waals surface area contributed by atoms with Crippen LogP contribution in [-0.2, 0) is 14.4 Å². The summed E-state index contributed by atoms with van der Waals surface area (Å²) < 4.78 is 6.03. The highest BCUT2D eigenvalue weighted by atomic mass is 16.3. The van der Waals surface area contributed by atoms with Gasteiger partial charge in [-0.2, -0.15) is 0 Å². The smallest absolute Gasteiger partial charge is 0.235 e. The van der Waals surface area contributed by atoms with E-state index in [1.165, 1.54) is 16.7 Å². The van der Waals surface area contributed by atoms with Gasteiger partial charge in [0, 0.05) is 41.3 Å². The van der Waals surface area contributed by atoms with Crippen molar-refractivity contribution < 1.29 is 18.8 Å². The Bertz CT molecular complexity index is 1760. The highest BCUT2D eigenvalue weighted by Gasteiger charge is 2.61. The molecule has 1 aliphatic heterocycles. The summed E-state index contributed by atoms with van der Waals surface area (Å²) in [6.45, 7) is 1.33. The Kier molecular flexibility index (Phi) is 4.51. The van der Waals surface area contributed by atoms with Gasteiger partial charge in [0.1, 0.15) is 17.8 Å². The number of hydrogen-bond acceptors (Lipinski definition) is 4. The monoisotopic (exact) mass is 512 g/mol. The molecule has 4 aromatic carbocycles. The number of nitrogens with zero attached hydrogens (tertiary/aromatic N) is 2. The standard InChI is InChI=1S/C33H24N2O4/c1-18(36)34(19-14-15-21-20-8-6-7-13-26(20)39-27(21)16-19)17-35-32(37)30-28-22-9-2-3-10-23(22)29(31(30)33(35)38)25-12-5-4-11-24(25)28/h2-16,28-31H,17H2,1H3/t28?,29?,30-,31-/m0/s1. The summed E-state index contributed by atoms with van der Waals surface area (Å²) in [4.78, 5) is 43.8. The van der Waals surface area contributed by atoms with Crippen LogP contribution in [0.1, 0.15) is 41.0 Å². The molecule has 5 aromatic rings. The molecule has 2 heterocycles. The minimum atomic E-state index is -0.473. The number of furan rings is 1. The number of benzene rings is 4. The van der Waals surface area contributed by atoms with Crippen LogP contribution in [0, 0.1) is 11.8 Å². The van der Waals surface area contributed by atoms with Crippen LogP contribution in [0.25, 0.3) is 21.9 Å². The van der Waals surface area contributed by atoms with Crippen LogP contribution in [0.3, 0.4) is 0 Å². The van der Waals surface area contributed by atoms with Crippen LogP contribution in [0.15, 0.2) is 95.4 Å². The van der Waals surface area contributed by atoms with Gasteiger partial charge < -0.3 is 4.42 Å². The van der Waals surface area contributed by atoms with E-state index < -0.39 is 11.8 Å². The number of para-hydroxylation sites is 1. The van der Waals surface area contributed by atoms with Crippen molar-refractivity contribution in [3.05, 3.63) is 113 Å². The summed E-state index contributed by atoms with van der Waals surface area (Å²) >= 11 is 0. The normalized spacial score (nSPS) is 22.7. The number of fused-ring (bicyclic) bond motifs is 3. The van der Waals surface area contributed by atoms with E-state index in [4.69, 9.17) is 4.42 Å². The molecule has 9 rings (SSSR count). The van der Waals surface area contributed by atoms with Crippen molar-refractivity contribution in [3.8, 4) is 0 Å². The Labute approximate surface area is 224 Å². The van der Waals surface area contributed by atoms with Crippen LogP contribution in [0.4, 0.5) is 5.69 Å². The van der Waals surface area contributed by atoms with Gasteiger partial charge in [0.05, 0.1) is 11.8 Å². The molecule has 0 radical (unpaired) electrons. The Balaban J connectivity index is 1.19. The average Bonchev–Trinajstić information content (AvgIpc) is 3.45. The number of carbonyl (C=O) groups is 3. The minimum absolute atomic E-state index is 0.127. The van der Waals surface area contributed by atoms with Gasteiger partial charge in [-0.3, -0.25) is 24.2 Å². The first-order chi connectivity index (χ1) is 19.0. The van der Waals surface area contributed by atoms with Gasteiger partial charge in [-0.15, -0.1) is 0 Å². The summed E-state index contributed by atoms with van der Waals surface area (Å²) in [5.74, 6) is -1.97. The average molecular weight is 513 g/mol. The second kappa shape index (κ2) is 7.90. The number of rotatable bonds is 3. The zero-order valence-corrected chi connectivity index (χ0v) is 21.2. The molecular weight excluding hydrogens is 488 g/mol. The summed E-state index contributed by atoms with van der Waals surface area (Å²) in [6.07, 6.45) is 0. The fraction of sp³-hybridized carbons (Fsp3) is 0.182. The first-order valence-corrected chi connectivity index (χ1v) is 13.2. The van der Waals surface area contributed by atoms with Gasteiger partial charge in [-0.25, -0.2) is 0 Å². The second-order valence-corrected chi connectivity index (χ2v) is 10.7. The Hall–Kier alpha value is -4.71. The first-order valence-electron chi connectivity index (χ1n) is 13.2. The third-order valence-electron chi connectivity index (χ3n) is 8.88. The van der Waals surface area contributed by atoms with Crippen molar-refractivity contribution in [1.82, 2.24) is 4.90 Å². The lowest BCUT2D eigenvalue weighted by Crippen LogP contribution is -2.44. The van der Waals surface area contributed by atoms with E-state index in [1.54, 1.807) is 0 Å². The largest absolute Gasteiger partial charge is 0.456 e. The molecule has 0 unspecified atom stereocenters. The van der Waals surface area contributed by atoms with Crippen LogP contribution >= 0.6 is 0 Å². The molecule has 190 valence electrons. The van der Waals surface area contributed by atoms with Gasteiger partial charge in [0.15, 0.2) is 0 Å². The van der Waals surface area contributed by atoms with Gasteiger partial charge in [-0.1, -0.05) is 66.7 Å². The number of likely N-dealkylation sites (tertiary alicyclic amines) is 1. The summed E-state index contributed by atoms with van der Waals surface area (Å²) in [7, 11) is 0. The van der Waals surface area contributed by atoms with Crippen molar-refractivity contribution in [2.24, 2.45) is 11.8 Å². The van der Waals surface area contributed by atoms with E-state index in [0.717, 1.165) is 38.6 Å². The molecule has 2 atom stereocenters. The summed E-state index contributed by atoms with van der Waals surface area (Å²) in [5.41, 5.74) is 6.51. The highest BCUT2D eigenvalue weighted by Crippen LogP contribution is 2.61. The van der Waals surface area contributed by atoms with Crippen LogP contribution in [0.2, 0.25) is 0 Å². The lowest BCUT2D eigenvalue weighted by Gasteiger charge is -2.45. The molecule has 3 aliphatic carbocycles. The molecule has 6 heteroatoms. The van der Waals surface area contributed by atoms with Gasteiger partial charge >= 0.3 is 0 Å². The molecule has 6 nitrogen and oxygen atoms in total. The Morgan fingerprint density at radius 2 is 1.23 bits per heavy atom. The lowest BCUT2D eigenvalue weighted by atomic mass is 9.55. The summed E-state index contributed by atoms with van der Waals surface area (Å²) in [6, 6.07) is 29.7. The van der Waals surface area contributed by atoms with Gasteiger partial charge in [0.25, 0.3) is 0 Å². The van der Waals surface area contributed by atoms with Gasteiger partial charge in [0.2, 0.25) is 17.7 Å². The maximum atomic E-state index is 14.0. The molecule has 1 saturated heterocycles. The first kappa shape index (κ1) is 22.3. The molecule has 0 N–H and O–H groups in total. The lowest BCUT2D eigenvalue weighted by molar-refractivity contribution is -0.140. The SMILES string of the molecule is CC(=O)N(CN1C(=O)[C@H]2C3c4ccccc4C(c4ccccc43)[C@@H]2C1=O)c1ccc2c(c1)oc1ccccc12. The van der Waals surface area contributed by atoms with Crippen LogP contribution < -0.4 is 4.90 Å². The molecule has 1 fully saturated rings.